The predicted octanol–water partition coefficient (Wildman–Crippen LogP) is 3.43. The van der Waals surface area contributed by atoms with E-state index in [1.165, 1.54) is 4.57 Å². The van der Waals surface area contributed by atoms with Gasteiger partial charge in [0.05, 0.1) is 29.2 Å². The number of carbonyl (C=O) groups is 1. The summed E-state index contributed by atoms with van der Waals surface area (Å²) in [7, 11) is 0. The number of amides is 1. The van der Waals surface area contributed by atoms with Crippen molar-refractivity contribution in [3.05, 3.63) is 105 Å². The van der Waals surface area contributed by atoms with Gasteiger partial charge >= 0.3 is 5.69 Å². The molecule has 7 heteroatoms. The van der Waals surface area contributed by atoms with Gasteiger partial charge in [0.25, 0.3) is 5.56 Å². The number of rotatable bonds is 7. The van der Waals surface area contributed by atoms with Crippen molar-refractivity contribution >= 4 is 16.8 Å². The first-order chi connectivity index (χ1) is 16.0. The first-order valence-electron chi connectivity index (χ1n) is 10.8. The Labute approximate surface area is 190 Å². The number of benzene rings is 3. The molecule has 0 aliphatic carbocycles. The van der Waals surface area contributed by atoms with Crippen LogP contribution in [-0.2, 0) is 11.3 Å². The van der Waals surface area contributed by atoms with Gasteiger partial charge in [-0.3, -0.25) is 14.2 Å². The molecule has 7 nitrogen and oxygen atoms in total. The van der Waals surface area contributed by atoms with E-state index in [2.05, 4.69) is 5.32 Å². The van der Waals surface area contributed by atoms with Crippen LogP contribution in [0.4, 0.5) is 0 Å². The minimum Gasteiger partial charge on any atom is -0.494 e. The van der Waals surface area contributed by atoms with Crippen LogP contribution in [0.25, 0.3) is 16.6 Å². The summed E-state index contributed by atoms with van der Waals surface area (Å²) in [5.41, 5.74) is 0.769. The van der Waals surface area contributed by atoms with Gasteiger partial charge < -0.3 is 10.1 Å². The van der Waals surface area contributed by atoms with Crippen molar-refractivity contribution in [2.45, 2.75) is 26.4 Å². The minimum absolute atomic E-state index is 0.214. The van der Waals surface area contributed by atoms with Crippen molar-refractivity contribution in [1.29, 1.82) is 0 Å². The quantitative estimate of drug-likeness (QED) is 0.475. The third-order valence-electron chi connectivity index (χ3n) is 5.44. The van der Waals surface area contributed by atoms with E-state index in [9.17, 15) is 14.4 Å². The second-order valence-corrected chi connectivity index (χ2v) is 7.65. The summed E-state index contributed by atoms with van der Waals surface area (Å²) in [4.78, 5) is 39.5. The average Bonchev–Trinajstić information content (AvgIpc) is 2.83. The van der Waals surface area contributed by atoms with Gasteiger partial charge in [-0.15, -0.1) is 0 Å². The van der Waals surface area contributed by atoms with Gasteiger partial charge in [0.15, 0.2) is 0 Å². The smallest absolute Gasteiger partial charge is 0.336 e. The lowest BCUT2D eigenvalue weighted by Crippen LogP contribution is -2.42. The van der Waals surface area contributed by atoms with Crippen molar-refractivity contribution in [2.24, 2.45) is 0 Å². The fraction of sp³-hybridized carbons (Fsp3) is 0.192. The molecule has 3 aromatic carbocycles. The van der Waals surface area contributed by atoms with Crippen LogP contribution in [0.2, 0.25) is 0 Å². The topological polar surface area (TPSA) is 82.3 Å². The van der Waals surface area contributed by atoms with E-state index in [1.807, 2.05) is 44.2 Å². The molecular weight excluding hydrogens is 418 g/mol. The molecule has 4 aromatic rings. The molecule has 33 heavy (non-hydrogen) atoms. The molecule has 1 aromatic heterocycles. The number of hydrogen-bond donors (Lipinski definition) is 1. The Morgan fingerprint density at radius 3 is 2.30 bits per heavy atom. The van der Waals surface area contributed by atoms with Gasteiger partial charge in [0.1, 0.15) is 12.3 Å². The van der Waals surface area contributed by atoms with Crippen LogP contribution < -0.4 is 21.3 Å². The molecule has 0 unspecified atom stereocenters. The number of nitrogens with zero attached hydrogens (tertiary/aromatic N) is 2. The summed E-state index contributed by atoms with van der Waals surface area (Å²) in [6, 6.07) is 22.9. The van der Waals surface area contributed by atoms with Crippen molar-refractivity contribution in [3.8, 4) is 11.4 Å². The minimum atomic E-state index is -0.578. The lowest BCUT2D eigenvalue weighted by molar-refractivity contribution is -0.122. The van der Waals surface area contributed by atoms with E-state index in [0.29, 0.717) is 28.9 Å². The van der Waals surface area contributed by atoms with Crippen molar-refractivity contribution < 1.29 is 9.53 Å². The highest BCUT2D eigenvalue weighted by Crippen LogP contribution is 2.15. The lowest BCUT2D eigenvalue weighted by atomic mass is 10.1. The zero-order valence-electron chi connectivity index (χ0n) is 18.5. The molecule has 0 aliphatic rings. The summed E-state index contributed by atoms with van der Waals surface area (Å²) >= 11 is 0. The Hall–Kier alpha value is -4.13. The number of ether oxygens (including phenoxy) is 1. The lowest BCUT2D eigenvalue weighted by Gasteiger charge is -2.17. The van der Waals surface area contributed by atoms with Crippen LogP contribution >= 0.6 is 0 Å². The Morgan fingerprint density at radius 1 is 0.939 bits per heavy atom. The monoisotopic (exact) mass is 443 g/mol. The molecule has 0 aliphatic heterocycles. The van der Waals surface area contributed by atoms with Crippen molar-refractivity contribution in [3.63, 3.8) is 0 Å². The molecule has 1 amide bonds. The van der Waals surface area contributed by atoms with E-state index in [4.69, 9.17) is 4.74 Å². The third-order valence-corrected chi connectivity index (χ3v) is 5.44. The Bertz CT molecular complexity index is 1390. The molecule has 0 saturated heterocycles. The number of para-hydroxylation sites is 1. The molecular formula is C26H25N3O4. The molecule has 4 rings (SSSR count). The SMILES string of the molecule is CCOc1ccc(-n2c(=O)c3ccccc3n(CC(=O)N[C@H](C)c3ccccc3)c2=O)cc1. The van der Waals surface area contributed by atoms with Crippen LogP contribution in [0.1, 0.15) is 25.5 Å². The molecule has 168 valence electrons. The van der Waals surface area contributed by atoms with E-state index in [1.54, 1.807) is 48.5 Å². The van der Waals surface area contributed by atoms with Crippen LogP contribution in [0, 0.1) is 0 Å². The second kappa shape index (κ2) is 9.56. The van der Waals surface area contributed by atoms with Crippen LogP contribution in [0.15, 0.2) is 88.5 Å². The molecule has 0 bridgehead atoms. The fourth-order valence-corrected chi connectivity index (χ4v) is 3.82. The summed E-state index contributed by atoms with van der Waals surface area (Å²) in [6.07, 6.45) is 0. The van der Waals surface area contributed by atoms with Crippen LogP contribution in [0.3, 0.4) is 0 Å². The molecule has 1 N–H and O–H groups in total. The maximum atomic E-state index is 13.4. The van der Waals surface area contributed by atoms with Crippen molar-refractivity contribution in [1.82, 2.24) is 14.5 Å². The standard InChI is InChI=1S/C26H25N3O4/c1-3-33-21-15-13-20(14-16-21)29-25(31)22-11-7-8-12-23(22)28(26(29)32)17-24(30)27-18(2)19-9-5-4-6-10-19/h4-16,18H,3,17H2,1-2H3,(H,27,30)/t18-/m1/s1. The van der Waals surface area contributed by atoms with Crippen LogP contribution in [0.5, 0.6) is 5.75 Å². The molecule has 0 fully saturated rings. The maximum Gasteiger partial charge on any atom is 0.336 e. The highest BCUT2D eigenvalue weighted by Gasteiger charge is 2.17. The van der Waals surface area contributed by atoms with Gasteiger partial charge in [0.2, 0.25) is 5.91 Å². The molecule has 1 atom stereocenters. The summed E-state index contributed by atoms with van der Waals surface area (Å²) < 4.78 is 7.88. The summed E-state index contributed by atoms with van der Waals surface area (Å²) in [5, 5.41) is 3.29. The van der Waals surface area contributed by atoms with Crippen LogP contribution in [-0.4, -0.2) is 21.6 Å². The maximum absolute atomic E-state index is 13.4. The number of nitrogens with one attached hydrogen (secondary N) is 1. The fourth-order valence-electron chi connectivity index (χ4n) is 3.82. The van der Waals surface area contributed by atoms with Crippen molar-refractivity contribution in [2.75, 3.05) is 6.61 Å². The van der Waals surface area contributed by atoms with Gasteiger partial charge in [-0.25, -0.2) is 9.36 Å². The van der Waals surface area contributed by atoms with E-state index in [0.717, 1.165) is 10.1 Å². The zero-order chi connectivity index (χ0) is 23.4. The summed E-state index contributed by atoms with van der Waals surface area (Å²) in [6.45, 7) is 4.06. The predicted molar refractivity (Wildman–Crippen MR) is 128 cm³/mol. The average molecular weight is 444 g/mol. The second-order valence-electron chi connectivity index (χ2n) is 7.65. The van der Waals surface area contributed by atoms with E-state index >= 15 is 0 Å². The molecule has 0 radical (unpaired) electrons. The molecule has 0 saturated carbocycles. The summed E-state index contributed by atoms with van der Waals surface area (Å²) in [5.74, 6) is 0.320. The molecule has 0 spiro atoms. The molecule has 1 heterocycles. The first kappa shape index (κ1) is 22.1. The number of carbonyl (C=O) groups excluding carboxylic acids is 1. The van der Waals surface area contributed by atoms with Gasteiger partial charge in [-0.1, -0.05) is 42.5 Å². The first-order valence-corrected chi connectivity index (χ1v) is 10.8. The number of aromatic nitrogens is 2. The number of hydrogen-bond acceptors (Lipinski definition) is 4. The Morgan fingerprint density at radius 2 is 1.61 bits per heavy atom. The number of fused-ring (bicyclic) bond motifs is 1. The van der Waals surface area contributed by atoms with Gasteiger partial charge in [0, 0.05) is 0 Å². The van der Waals surface area contributed by atoms with Gasteiger partial charge in [-0.2, -0.15) is 0 Å². The zero-order valence-corrected chi connectivity index (χ0v) is 18.5. The Kier molecular flexibility index (Phi) is 6.40. The highest BCUT2D eigenvalue weighted by molar-refractivity contribution is 5.82. The third kappa shape index (κ3) is 4.57. The highest BCUT2D eigenvalue weighted by atomic mass is 16.5. The van der Waals surface area contributed by atoms with E-state index in [-0.39, 0.29) is 18.5 Å². The Balaban J connectivity index is 1.74. The van der Waals surface area contributed by atoms with Gasteiger partial charge in [-0.05, 0) is 55.8 Å². The normalized spacial score (nSPS) is 11.8. The largest absolute Gasteiger partial charge is 0.494 e. The van der Waals surface area contributed by atoms with E-state index < -0.39 is 11.2 Å².